The van der Waals surface area contributed by atoms with Crippen molar-refractivity contribution in [3.63, 3.8) is 0 Å². The summed E-state index contributed by atoms with van der Waals surface area (Å²) in [6.07, 6.45) is 2.43. The number of likely N-dealkylation sites (tertiary alicyclic amines) is 1. The Labute approximate surface area is 232 Å². The lowest BCUT2D eigenvalue weighted by Gasteiger charge is -2.29. The predicted octanol–water partition coefficient (Wildman–Crippen LogP) is 6.03. The van der Waals surface area contributed by atoms with E-state index in [-0.39, 0.29) is 23.8 Å². The Morgan fingerprint density at radius 3 is 2.29 bits per heavy atom. The molecular weight excluding hydrogens is 521 g/mol. The summed E-state index contributed by atoms with van der Waals surface area (Å²) in [5.41, 5.74) is 2.44. The maximum absolute atomic E-state index is 13.5. The normalized spacial score (nSPS) is 18.6. The number of ether oxygens (including phenoxy) is 1. The summed E-state index contributed by atoms with van der Waals surface area (Å²) >= 11 is 12.5. The van der Waals surface area contributed by atoms with Crippen molar-refractivity contribution in [3.05, 3.63) is 99.0 Å². The lowest BCUT2D eigenvalue weighted by molar-refractivity contribution is 0.0696. The van der Waals surface area contributed by atoms with Crippen LogP contribution in [-0.2, 0) is 0 Å². The van der Waals surface area contributed by atoms with Crippen LogP contribution in [0.4, 0.5) is 0 Å². The molecule has 2 aliphatic rings. The third-order valence-corrected chi connectivity index (χ3v) is 8.05. The Morgan fingerprint density at radius 1 is 0.974 bits per heavy atom. The highest BCUT2D eigenvalue weighted by Crippen LogP contribution is 2.35. The molecule has 0 spiro atoms. The van der Waals surface area contributed by atoms with E-state index in [2.05, 4.69) is 6.07 Å². The molecule has 2 fully saturated rings. The second-order valence-electron chi connectivity index (χ2n) is 9.94. The van der Waals surface area contributed by atoms with Crippen molar-refractivity contribution in [2.45, 2.75) is 24.8 Å². The molecule has 1 aliphatic carbocycles. The van der Waals surface area contributed by atoms with Crippen LogP contribution in [0.5, 0.6) is 5.75 Å². The van der Waals surface area contributed by atoms with Gasteiger partial charge in [-0.05, 0) is 85.0 Å². The topological polar surface area (TPSA) is 73.6 Å². The second kappa shape index (κ2) is 11.1. The molecule has 1 aliphatic heterocycles. The highest BCUT2D eigenvalue weighted by molar-refractivity contribution is 6.42. The van der Waals surface area contributed by atoms with Crippen LogP contribution in [0.2, 0.25) is 10.0 Å². The molecule has 2 amide bonds. The lowest BCUT2D eigenvalue weighted by Crippen LogP contribution is -2.42. The van der Waals surface area contributed by atoms with Crippen molar-refractivity contribution in [1.82, 2.24) is 9.80 Å². The Hall–Kier alpha value is -3.53. The summed E-state index contributed by atoms with van der Waals surface area (Å²) in [4.78, 5) is 30.4. The van der Waals surface area contributed by atoms with E-state index in [1.165, 1.54) is 12.8 Å². The van der Waals surface area contributed by atoms with E-state index in [4.69, 9.17) is 33.2 Å². The highest BCUT2D eigenvalue weighted by atomic mass is 35.5. The summed E-state index contributed by atoms with van der Waals surface area (Å²) in [6.45, 7) is 1.48. The predicted molar refractivity (Wildman–Crippen MR) is 147 cm³/mol. The van der Waals surface area contributed by atoms with Gasteiger partial charge in [0.1, 0.15) is 5.75 Å². The first-order valence-corrected chi connectivity index (χ1v) is 13.3. The lowest BCUT2D eigenvalue weighted by atomic mass is 9.93. The Balaban J connectivity index is 1.37. The van der Waals surface area contributed by atoms with Crippen LogP contribution in [0.1, 0.15) is 50.6 Å². The minimum atomic E-state index is -0.284. The van der Waals surface area contributed by atoms with Crippen LogP contribution in [0, 0.1) is 17.2 Å². The van der Waals surface area contributed by atoms with E-state index in [0.717, 1.165) is 11.3 Å². The van der Waals surface area contributed by atoms with Gasteiger partial charge in [0.2, 0.25) is 0 Å². The number of carbonyl (C=O) groups is 2. The Kier molecular flexibility index (Phi) is 7.60. The van der Waals surface area contributed by atoms with Gasteiger partial charge in [-0.25, -0.2) is 0 Å². The molecule has 6 nitrogen and oxygen atoms in total. The molecule has 8 heteroatoms. The monoisotopic (exact) mass is 547 g/mol. The van der Waals surface area contributed by atoms with E-state index in [9.17, 15) is 9.59 Å². The van der Waals surface area contributed by atoms with Crippen LogP contribution in [-0.4, -0.2) is 54.4 Å². The van der Waals surface area contributed by atoms with Crippen molar-refractivity contribution in [2.24, 2.45) is 5.92 Å². The molecule has 1 unspecified atom stereocenters. The number of benzene rings is 3. The standard InChI is InChI=1S/C30H27Cl2N3O3/c1-34(29(36)21-8-11-24(12-9-21)38-18-20-2-3-20)28-17-35(30(37)22-6-4-19(15-33)5-7-22)16-25(28)23-10-13-26(31)27(32)14-23/h4-14,20,25,28H,2-3,16-18H2,1H3/t25?,28-/m1/s1. The fourth-order valence-corrected chi connectivity index (χ4v) is 5.14. The van der Waals surface area contributed by atoms with Gasteiger partial charge in [0, 0.05) is 37.2 Å². The first-order chi connectivity index (χ1) is 18.3. The van der Waals surface area contributed by atoms with E-state index >= 15 is 0 Å². The molecule has 0 aromatic heterocycles. The number of likely N-dealkylation sites (N-methyl/N-ethyl adjacent to an activating group) is 1. The number of nitriles is 1. The zero-order chi connectivity index (χ0) is 26.8. The molecule has 3 aromatic carbocycles. The molecule has 1 saturated carbocycles. The van der Waals surface area contributed by atoms with Crippen molar-refractivity contribution in [3.8, 4) is 11.8 Å². The van der Waals surface area contributed by atoms with Crippen molar-refractivity contribution < 1.29 is 14.3 Å². The summed E-state index contributed by atoms with van der Waals surface area (Å²) in [7, 11) is 1.77. The number of hydrogen-bond acceptors (Lipinski definition) is 4. The van der Waals surface area contributed by atoms with Crippen LogP contribution >= 0.6 is 23.2 Å². The first-order valence-electron chi connectivity index (χ1n) is 12.6. The van der Waals surface area contributed by atoms with Gasteiger partial charge in [-0.2, -0.15) is 5.26 Å². The number of halogens is 2. The summed E-state index contributed by atoms with van der Waals surface area (Å²) in [5, 5.41) is 9.95. The third kappa shape index (κ3) is 5.65. The molecule has 2 atom stereocenters. The summed E-state index contributed by atoms with van der Waals surface area (Å²) < 4.78 is 5.81. The molecule has 1 heterocycles. The van der Waals surface area contributed by atoms with Gasteiger partial charge in [-0.1, -0.05) is 29.3 Å². The highest BCUT2D eigenvalue weighted by Gasteiger charge is 2.40. The maximum atomic E-state index is 13.5. The number of carbonyl (C=O) groups excluding carboxylic acids is 2. The van der Waals surface area contributed by atoms with E-state index in [0.29, 0.717) is 52.3 Å². The number of nitrogens with zero attached hydrogens (tertiary/aromatic N) is 3. The molecule has 38 heavy (non-hydrogen) atoms. The average Bonchev–Trinajstić information content (AvgIpc) is 3.68. The molecule has 194 valence electrons. The summed E-state index contributed by atoms with van der Waals surface area (Å²) in [5.74, 6) is 0.951. The van der Waals surface area contributed by atoms with E-state index in [1.807, 2.05) is 24.3 Å². The zero-order valence-corrected chi connectivity index (χ0v) is 22.5. The molecule has 0 bridgehead atoms. The minimum absolute atomic E-state index is 0.138. The Morgan fingerprint density at radius 2 is 1.66 bits per heavy atom. The van der Waals surface area contributed by atoms with E-state index < -0.39 is 0 Å². The zero-order valence-electron chi connectivity index (χ0n) is 20.9. The van der Waals surface area contributed by atoms with Crippen LogP contribution in [0.25, 0.3) is 0 Å². The van der Waals surface area contributed by atoms with Gasteiger partial charge in [-0.3, -0.25) is 9.59 Å². The van der Waals surface area contributed by atoms with Crippen molar-refractivity contribution in [2.75, 3.05) is 26.7 Å². The molecule has 0 radical (unpaired) electrons. The van der Waals surface area contributed by atoms with Gasteiger partial charge in [-0.15, -0.1) is 0 Å². The molecule has 5 rings (SSSR count). The Bertz CT molecular complexity index is 1380. The van der Waals surface area contributed by atoms with Crippen LogP contribution in [0.15, 0.2) is 66.7 Å². The number of amides is 2. The van der Waals surface area contributed by atoms with Gasteiger partial charge >= 0.3 is 0 Å². The molecule has 0 N–H and O–H groups in total. The first kappa shape index (κ1) is 26.1. The SMILES string of the molecule is CN(C(=O)c1ccc(OCC2CC2)cc1)[C@@H]1CN(C(=O)c2ccc(C#N)cc2)CC1c1ccc(Cl)c(Cl)c1. The smallest absolute Gasteiger partial charge is 0.253 e. The summed E-state index contributed by atoms with van der Waals surface area (Å²) in [6, 6.07) is 21.0. The van der Waals surface area contributed by atoms with Gasteiger partial charge < -0.3 is 14.5 Å². The minimum Gasteiger partial charge on any atom is -0.493 e. The second-order valence-corrected chi connectivity index (χ2v) is 10.8. The van der Waals surface area contributed by atoms with E-state index in [1.54, 1.807) is 59.3 Å². The van der Waals surface area contributed by atoms with Crippen LogP contribution < -0.4 is 4.74 Å². The molecule has 1 saturated heterocycles. The van der Waals surface area contributed by atoms with Gasteiger partial charge in [0.25, 0.3) is 11.8 Å². The van der Waals surface area contributed by atoms with Gasteiger partial charge in [0.05, 0.1) is 34.3 Å². The molecule has 3 aromatic rings. The molecular formula is C30H27Cl2N3O3. The van der Waals surface area contributed by atoms with Crippen molar-refractivity contribution in [1.29, 1.82) is 5.26 Å². The average molecular weight is 548 g/mol. The van der Waals surface area contributed by atoms with Gasteiger partial charge in [0.15, 0.2) is 0 Å². The van der Waals surface area contributed by atoms with Crippen LogP contribution in [0.3, 0.4) is 0 Å². The number of rotatable bonds is 7. The maximum Gasteiger partial charge on any atom is 0.253 e. The fourth-order valence-electron chi connectivity index (χ4n) is 4.83. The van der Waals surface area contributed by atoms with Crippen molar-refractivity contribution >= 4 is 35.0 Å². The largest absolute Gasteiger partial charge is 0.493 e. The quantitative estimate of drug-likeness (QED) is 0.361. The number of hydrogen-bond donors (Lipinski definition) is 0. The fraction of sp³-hybridized carbons (Fsp3) is 0.300. The third-order valence-electron chi connectivity index (χ3n) is 7.31.